The van der Waals surface area contributed by atoms with Gasteiger partial charge in [-0.25, -0.2) is 15.0 Å². The summed E-state index contributed by atoms with van der Waals surface area (Å²) in [6, 6.07) is 16.1. The van der Waals surface area contributed by atoms with E-state index in [2.05, 4.69) is 21.4 Å². The molecule has 2 aromatic carbocycles. The number of anilines is 1. The number of hydrogen-bond acceptors (Lipinski definition) is 9. The zero-order valence-corrected chi connectivity index (χ0v) is 20.6. The van der Waals surface area contributed by atoms with Crippen molar-refractivity contribution in [3.63, 3.8) is 0 Å². The maximum atomic E-state index is 14.1. The molecule has 0 radical (unpaired) electrons. The van der Waals surface area contributed by atoms with Crippen LogP contribution in [0.15, 0.2) is 77.7 Å². The standard InChI is InChI=1S/C27H26N8O2/c1-16(32-25-19(14-29)15-31-17(2)33-25)26-34-22-11-7-10-21(18(13-28)12-23(30)37-3)24(22)27(36)35(26)20-8-5-4-6-9-20/h4-13,15-16H,28,30H2,1-3H3,(H,31,32,33)/b18-13+,23-12+. The maximum Gasteiger partial charge on any atom is 0.266 e. The van der Waals surface area contributed by atoms with E-state index in [9.17, 15) is 10.1 Å². The Kier molecular flexibility index (Phi) is 7.16. The molecule has 0 spiro atoms. The lowest BCUT2D eigenvalue weighted by molar-refractivity contribution is 0.288. The summed E-state index contributed by atoms with van der Waals surface area (Å²) in [6.07, 6.45) is 4.38. The molecule has 0 saturated heterocycles. The predicted molar refractivity (Wildman–Crippen MR) is 142 cm³/mol. The average Bonchev–Trinajstić information content (AvgIpc) is 2.91. The molecule has 186 valence electrons. The van der Waals surface area contributed by atoms with Gasteiger partial charge in [-0.1, -0.05) is 30.3 Å². The Balaban J connectivity index is 1.98. The van der Waals surface area contributed by atoms with Crippen LogP contribution in [0.25, 0.3) is 22.2 Å². The van der Waals surface area contributed by atoms with E-state index >= 15 is 0 Å². The third kappa shape index (κ3) is 4.97. The molecule has 0 aliphatic heterocycles. The number of methoxy groups -OCH3 is 1. The van der Waals surface area contributed by atoms with Crippen molar-refractivity contribution in [2.24, 2.45) is 11.5 Å². The van der Waals surface area contributed by atoms with Gasteiger partial charge in [-0.15, -0.1) is 0 Å². The fraction of sp³-hybridized carbons (Fsp3) is 0.148. The quantitative estimate of drug-likeness (QED) is 0.259. The van der Waals surface area contributed by atoms with E-state index in [4.69, 9.17) is 21.2 Å². The molecular formula is C27H26N8O2. The number of nitrogens with two attached hydrogens (primary N) is 2. The van der Waals surface area contributed by atoms with Gasteiger partial charge in [0.05, 0.1) is 35.9 Å². The van der Waals surface area contributed by atoms with Crippen molar-refractivity contribution in [3.8, 4) is 11.8 Å². The number of benzene rings is 2. The van der Waals surface area contributed by atoms with Crippen LogP contribution in [0.2, 0.25) is 0 Å². The number of nitrogens with zero attached hydrogens (tertiary/aromatic N) is 5. The van der Waals surface area contributed by atoms with Crippen LogP contribution in [0.1, 0.15) is 35.7 Å². The van der Waals surface area contributed by atoms with Crippen molar-refractivity contribution in [2.75, 3.05) is 12.4 Å². The van der Waals surface area contributed by atoms with E-state index in [-0.39, 0.29) is 17.0 Å². The summed E-state index contributed by atoms with van der Waals surface area (Å²) in [5, 5.41) is 13.1. The summed E-state index contributed by atoms with van der Waals surface area (Å²) < 4.78 is 6.62. The number of allylic oxidation sites excluding steroid dienone is 2. The molecule has 2 heterocycles. The monoisotopic (exact) mass is 494 g/mol. The number of nitrogens with one attached hydrogen (secondary N) is 1. The minimum absolute atomic E-state index is 0.146. The normalized spacial score (nSPS) is 12.7. The summed E-state index contributed by atoms with van der Waals surface area (Å²) in [4.78, 5) is 27.5. The molecule has 2 aromatic heterocycles. The Morgan fingerprint density at radius 3 is 2.62 bits per heavy atom. The van der Waals surface area contributed by atoms with Gasteiger partial charge in [0.1, 0.15) is 29.1 Å². The molecule has 10 nitrogen and oxygen atoms in total. The van der Waals surface area contributed by atoms with Crippen molar-refractivity contribution < 1.29 is 4.74 Å². The summed E-state index contributed by atoms with van der Waals surface area (Å²) in [6.45, 7) is 3.59. The lowest BCUT2D eigenvalue weighted by Gasteiger charge is -2.21. The number of aromatic nitrogens is 4. The van der Waals surface area contributed by atoms with Crippen LogP contribution >= 0.6 is 0 Å². The fourth-order valence-corrected chi connectivity index (χ4v) is 3.96. The van der Waals surface area contributed by atoms with E-state index in [1.807, 2.05) is 37.3 Å². The number of rotatable bonds is 7. The molecule has 0 bridgehead atoms. The fourth-order valence-electron chi connectivity index (χ4n) is 3.96. The van der Waals surface area contributed by atoms with Gasteiger partial charge in [0.2, 0.25) is 0 Å². The lowest BCUT2D eigenvalue weighted by atomic mass is 10.0. The highest BCUT2D eigenvalue weighted by atomic mass is 16.5. The number of ether oxygens (including phenoxy) is 1. The average molecular weight is 495 g/mol. The minimum Gasteiger partial charge on any atom is -0.483 e. The van der Waals surface area contributed by atoms with Crippen LogP contribution in [0.3, 0.4) is 0 Å². The molecule has 1 atom stereocenters. The van der Waals surface area contributed by atoms with Crippen LogP contribution in [-0.4, -0.2) is 26.6 Å². The minimum atomic E-state index is -0.504. The third-order valence-corrected chi connectivity index (χ3v) is 5.73. The van der Waals surface area contributed by atoms with Gasteiger partial charge in [0.25, 0.3) is 5.56 Å². The van der Waals surface area contributed by atoms with Gasteiger partial charge in [-0.2, -0.15) is 5.26 Å². The highest BCUT2D eigenvalue weighted by Crippen LogP contribution is 2.27. The number of fused-ring (bicyclic) bond motifs is 1. The van der Waals surface area contributed by atoms with Crippen LogP contribution < -0.4 is 22.3 Å². The van der Waals surface area contributed by atoms with Crippen LogP contribution in [0.4, 0.5) is 5.82 Å². The zero-order chi connectivity index (χ0) is 26.5. The van der Waals surface area contributed by atoms with E-state index in [0.717, 1.165) is 0 Å². The first-order chi connectivity index (χ1) is 17.9. The van der Waals surface area contributed by atoms with Gasteiger partial charge in [-0.05, 0) is 37.6 Å². The second-order valence-corrected chi connectivity index (χ2v) is 8.18. The second-order valence-electron chi connectivity index (χ2n) is 8.18. The lowest BCUT2D eigenvalue weighted by Crippen LogP contribution is -2.28. The molecule has 0 aliphatic carbocycles. The largest absolute Gasteiger partial charge is 0.483 e. The van der Waals surface area contributed by atoms with Crippen molar-refractivity contribution in [1.29, 1.82) is 5.26 Å². The van der Waals surface area contributed by atoms with Crippen LogP contribution in [-0.2, 0) is 4.74 Å². The Morgan fingerprint density at radius 1 is 1.19 bits per heavy atom. The van der Waals surface area contributed by atoms with Gasteiger partial charge in [-0.3, -0.25) is 9.36 Å². The second kappa shape index (κ2) is 10.6. The smallest absolute Gasteiger partial charge is 0.266 e. The number of aryl methyl sites for hydroxylation is 1. The maximum absolute atomic E-state index is 14.1. The number of hydrogen-bond donors (Lipinski definition) is 3. The Labute approximate surface area is 213 Å². The van der Waals surface area contributed by atoms with Crippen LogP contribution in [0.5, 0.6) is 0 Å². The summed E-state index contributed by atoms with van der Waals surface area (Å²) in [5.41, 5.74) is 13.9. The molecule has 4 aromatic rings. The summed E-state index contributed by atoms with van der Waals surface area (Å²) in [7, 11) is 1.45. The molecule has 10 heteroatoms. The molecule has 5 N–H and O–H groups in total. The Morgan fingerprint density at radius 2 is 1.95 bits per heavy atom. The third-order valence-electron chi connectivity index (χ3n) is 5.73. The first kappa shape index (κ1) is 24.9. The van der Waals surface area contributed by atoms with Gasteiger partial charge in [0, 0.05) is 17.8 Å². The van der Waals surface area contributed by atoms with Gasteiger partial charge in [0.15, 0.2) is 5.88 Å². The topological polar surface area (TPSA) is 158 Å². The van der Waals surface area contributed by atoms with Crippen molar-refractivity contribution in [2.45, 2.75) is 19.9 Å². The van der Waals surface area contributed by atoms with Crippen LogP contribution in [0, 0.1) is 18.3 Å². The predicted octanol–water partition coefficient (Wildman–Crippen LogP) is 3.28. The van der Waals surface area contributed by atoms with Crippen molar-refractivity contribution in [1.82, 2.24) is 19.5 Å². The van der Waals surface area contributed by atoms with E-state index < -0.39 is 6.04 Å². The first-order valence-corrected chi connectivity index (χ1v) is 11.4. The summed E-state index contributed by atoms with van der Waals surface area (Å²) >= 11 is 0. The molecule has 0 amide bonds. The number of nitriles is 1. The van der Waals surface area contributed by atoms with E-state index in [1.54, 1.807) is 35.8 Å². The molecule has 4 rings (SSSR count). The van der Waals surface area contributed by atoms with Crippen molar-refractivity contribution >= 4 is 22.3 Å². The Hall–Kier alpha value is -5.17. The Bertz CT molecular complexity index is 1620. The van der Waals surface area contributed by atoms with Gasteiger partial charge >= 0.3 is 0 Å². The van der Waals surface area contributed by atoms with Crippen molar-refractivity contribution in [3.05, 3.63) is 106 Å². The molecular weight excluding hydrogens is 468 g/mol. The van der Waals surface area contributed by atoms with E-state index in [0.29, 0.717) is 45.2 Å². The molecule has 0 fully saturated rings. The molecule has 1 unspecified atom stereocenters. The van der Waals surface area contributed by atoms with Gasteiger partial charge < -0.3 is 21.5 Å². The molecule has 37 heavy (non-hydrogen) atoms. The summed E-state index contributed by atoms with van der Waals surface area (Å²) in [5.74, 6) is 1.45. The molecule has 0 saturated carbocycles. The highest BCUT2D eigenvalue weighted by molar-refractivity contribution is 5.94. The highest BCUT2D eigenvalue weighted by Gasteiger charge is 2.21. The SMILES string of the molecule is CO/C(N)=C/C(=C\N)c1cccc2nc(C(C)Nc3nc(C)ncc3C#N)n(-c3ccccc3)c(=O)c12. The van der Waals surface area contributed by atoms with E-state index in [1.165, 1.54) is 19.5 Å². The number of para-hydroxylation sites is 1. The molecule has 0 aliphatic rings. The zero-order valence-electron chi connectivity index (χ0n) is 20.6. The first-order valence-electron chi connectivity index (χ1n) is 11.4.